The van der Waals surface area contributed by atoms with Gasteiger partial charge >= 0.3 is 12.1 Å². The zero-order chi connectivity index (χ0) is 23.8. The Hall–Kier alpha value is -3.35. The first-order valence-electron chi connectivity index (χ1n) is 11.4. The van der Waals surface area contributed by atoms with Gasteiger partial charge in [-0.3, -0.25) is 9.59 Å². The van der Waals surface area contributed by atoms with Crippen LogP contribution in [0.1, 0.15) is 49.7 Å². The van der Waals surface area contributed by atoms with Crippen LogP contribution in [0.4, 0.5) is 4.79 Å². The van der Waals surface area contributed by atoms with Crippen LogP contribution in [0, 0.1) is 5.92 Å². The Morgan fingerprint density at radius 2 is 1.67 bits per heavy atom. The van der Waals surface area contributed by atoms with Crippen molar-refractivity contribution >= 4 is 18.0 Å². The molecule has 1 atom stereocenters. The van der Waals surface area contributed by atoms with E-state index < -0.39 is 12.1 Å². The number of carbonyl (C=O) groups is 3. The Morgan fingerprint density at radius 3 is 2.27 bits per heavy atom. The molecule has 1 aliphatic rings. The molecule has 0 aliphatic heterocycles. The Labute approximate surface area is 194 Å². The second-order valence-electron chi connectivity index (χ2n) is 8.66. The molecule has 0 bridgehead atoms. The van der Waals surface area contributed by atoms with Gasteiger partial charge in [0.2, 0.25) is 5.91 Å². The van der Waals surface area contributed by atoms with E-state index in [2.05, 4.69) is 29.6 Å². The molecule has 33 heavy (non-hydrogen) atoms. The maximum atomic E-state index is 12.3. The summed E-state index contributed by atoms with van der Waals surface area (Å²) in [5.74, 6) is -0.762. The number of ether oxygens (including phenoxy) is 1. The van der Waals surface area contributed by atoms with Crippen LogP contribution in [0.15, 0.2) is 48.5 Å². The summed E-state index contributed by atoms with van der Waals surface area (Å²) in [4.78, 5) is 36.6. The Morgan fingerprint density at radius 1 is 1.06 bits per heavy atom. The molecular weight excluding hydrogens is 420 g/mol. The summed E-state index contributed by atoms with van der Waals surface area (Å²) in [7, 11) is 1.69. The highest BCUT2D eigenvalue weighted by atomic mass is 16.5. The van der Waals surface area contributed by atoms with Crippen molar-refractivity contribution in [3.8, 4) is 11.1 Å². The predicted molar refractivity (Wildman–Crippen MR) is 126 cm³/mol. The zero-order valence-electron chi connectivity index (χ0n) is 19.3. The Bertz CT molecular complexity index is 945. The molecule has 0 saturated carbocycles. The second kappa shape index (κ2) is 11.5. The number of hydrogen-bond acceptors (Lipinski definition) is 4. The summed E-state index contributed by atoms with van der Waals surface area (Å²) in [6.45, 7) is 3.08. The number of fused-ring (bicyclic) bond motifs is 3. The average Bonchev–Trinajstić information content (AvgIpc) is 3.11. The molecule has 2 aromatic carbocycles. The van der Waals surface area contributed by atoms with Crippen molar-refractivity contribution in [3.05, 3.63) is 59.7 Å². The molecule has 0 saturated heterocycles. The smallest absolute Gasteiger partial charge is 0.407 e. The van der Waals surface area contributed by atoms with Crippen molar-refractivity contribution in [1.29, 1.82) is 0 Å². The summed E-state index contributed by atoms with van der Waals surface area (Å²) in [5, 5.41) is 11.5. The van der Waals surface area contributed by atoms with E-state index in [9.17, 15) is 14.4 Å². The lowest BCUT2D eigenvalue weighted by atomic mass is 9.98. The summed E-state index contributed by atoms with van der Waals surface area (Å²) in [6, 6.07) is 16.4. The molecule has 7 heteroatoms. The predicted octanol–water partition coefficient (Wildman–Crippen LogP) is 4.26. The van der Waals surface area contributed by atoms with Crippen LogP contribution in [0.25, 0.3) is 11.1 Å². The zero-order valence-corrected chi connectivity index (χ0v) is 19.3. The molecule has 0 spiro atoms. The Balaban J connectivity index is 1.39. The van der Waals surface area contributed by atoms with Gasteiger partial charge in [0.15, 0.2) is 0 Å². The van der Waals surface area contributed by atoms with Crippen molar-refractivity contribution in [3.63, 3.8) is 0 Å². The minimum Gasteiger partial charge on any atom is -0.481 e. The minimum absolute atomic E-state index is 0.0194. The molecule has 0 radical (unpaired) electrons. The van der Waals surface area contributed by atoms with E-state index in [0.29, 0.717) is 32.4 Å². The van der Waals surface area contributed by atoms with Gasteiger partial charge in [0, 0.05) is 38.9 Å². The van der Waals surface area contributed by atoms with Crippen LogP contribution < -0.4 is 5.32 Å². The van der Waals surface area contributed by atoms with Gasteiger partial charge in [0.1, 0.15) is 6.61 Å². The van der Waals surface area contributed by atoms with Gasteiger partial charge in [-0.1, -0.05) is 55.5 Å². The third kappa shape index (κ3) is 6.57. The van der Waals surface area contributed by atoms with Gasteiger partial charge in [0.25, 0.3) is 0 Å². The summed E-state index contributed by atoms with van der Waals surface area (Å²) in [5.41, 5.74) is 4.72. The highest BCUT2D eigenvalue weighted by Crippen LogP contribution is 2.44. The van der Waals surface area contributed by atoms with Gasteiger partial charge in [-0.2, -0.15) is 0 Å². The van der Waals surface area contributed by atoms with E-state index in [-0.39, 0.29) is 30.8 Å². The van der Waals surface area contributed by atoms with Crippen molar-refractivity contribution in [2.75, 3.05) is 26.7 Å². The molecule has 2 N–H and O–H groups in total. The number of benzene rings is 2. The molecule has 2 amide bonds. The molecule has 1 aliphatic carbocycles. The van der Waals surface area contributed by atoms with Crippen LogP contribution in [0.3, 0.4) is 0 Å². The fourth-order valence-corrected chi connectivity index (χ4v) is 4.22. The first-order valence-corrected chi connectivity index (χ1v) is 11.4. The van der Waals surface area contributed by atoms with E-state index in [0.717, 1.165) is 0 Å². The average molecular weight is 453 g/mol. The number of alkyl carbamates (subject to hydrolysis) is 1. The highest BCUT2D eigenvalue weighted by Gasteiger charge is 2.29. The van der Waals surface area contributed by atoms with Gasteiger partial charge in [-0.15, -0.1) is 0 Å². The summed E-state index contributed by atoms with van der Waals surface area (Å²) < 4.78 is 5.53. The lowest BCUT2D eigenvalue weighted by Crippen LogP contribution is -2.31. The van der Waals surface area contributed by atoms with Crippen LogP contribution in [-0.2, 0) is 14.3 Å². The first kappa shape index (κ1) is 24.3. The highest BCUT2D eigenvalue weighted by molar-refractivity contribution is 5.79. The number of nitrogens with zero attached hydrogens (tertiary/aromatic N) is 1. The van der Waals surface area contributed by atoms with E-state index in [1.54, 1.807) is 11.9 Å². The molecule has 2 aromatic rings. The number of carbonyl (C=O) groups excluding carboxylic acids is 2. The maximum absolute atomic E-state index is 12.3. The molecule has 176 valence electrons. The first-order chi connectivity index (χ1) is 15.9. The number of carboxylic acids is 1. The number of hydrogen-bond donors (Lipinski definition) is 2. The number of nitrogens with one attached hydrogen (secondary N) is 1. The molecule has 0 aromatic heterocycles. The Kier molecular flexibility index (Phi) is 8.46. The van der Waals surface area contributed by atoms with Gasteiger partial charge in [-0.05, 0) is 41.0 Å². The van der Waals surface area contributed by atoms with Gasteiger partial charge in [-0.25, -0.2) is 4.79 Å². The maximum Gasteiger partial charge on any atom is 0.407 e. The van der Waals surface area contributed by atoms with E-state index in [1.807, 2.05) is 31.2 Å². The molecule has 3 rings (SSSR count). The molecule has 0 fully saturated rings. The van der Waals surface area contributed by atoms with E-state index in [1.165, 1.54) is 22.3 Å². The van der Waals surface area contributed by atoms with Gasteiger partial charge in [0.05, 0.1) is 0 Å². The molecule has 0 heterocycles. The molecular formula is C26H32N2O5. The van der Waals surface area contributed by atoms with Crippen molar-refractivity contribution < 1.29 is 24.2 Å². The third-order valence-electron chi connectivity index (χ3n) is 6.08. The normalized spacial score (nSPS) is 13.0. The monoisotopic (exact) mass is 452 g/mol. The van der Waals surface area contributed by atoms with Crippen LogP contribution >= 0.6 is 0 Å². The van der Waals surface area contributed by atoms with Crippen LogP contribution in [0.2, 0.25) is 0 Å². The van der Waals surface area contributed by atoms with Crippen LogP contribution in [0.5, 0.6) is 0 Å². The summed E-state index contributed by atoms with van der Waals surface area (Å²) in [6.07, 6.45) is 1.04. The van der Waals surface area contributed by atoms with E-state index >= 15 is 0 Å². The molecule has 1 unspecified atom stereocenters. The molecule has 7 nitrogen and oxygen atoms in total. The number of amides is 2. The number of aliphatic carboxylic acids is 1. The second-order valence-corrected chi connectivity index (χ2v) is 8.66. The van der Waals surface area contributed by atoms with Crippen molar-refractivity contribution in [1.82, 2.24) is 10.2 Å². The standard InChI is InChI=1S/C26H32N2O5/c1-18(16-24(29)28(2)15-7-12-25(30)31)13-14-27-26(32)33-17-23-21-10-5-3-8-19(21)20-9-4-6-11-22(20)23/h3-6,8-11,18,23H,7,12-17H2,1-2H3,(H,27,32)(H,30,31). The lowest BCUT2D eigenvalue weighted by molar-refractivity contribution is -0.138. The number of carboxylic acid groups (broad SMARTS) is 1. The third-order valence-corrected chi connectivity index (χ3v) is 6.08. The fourth-order valence-electron chi connectivity index (χ4n) is 4.22. The largest absolute Gasteiger partial charge is 0.481 e. The SMILES string of the molecule is CC(CCNC(=O)OCC1c2ccccc2-c2ccccc21)CC(=O)N(C)CCCC(=O)O. The minimum atomic E-state index is -0.858. The van der Waals surface area contributed by atoms with E-state index in [4.69, 9.17) is 9.84 Å². The fraction of sp³-hybridized carbons (Fsp3) is 0.423. The van der Waals surface area contributed by atoms with Crippen molar-refractivity contribution in [2.45, 2.75) is 38.5 Å². The lowest BCUT2D eigenvalue weighted by Gasteiger charge is -2.19. The quantitative estimate of drug-likeness (QED) is 0.531. The van der Waals surface area contributed by atoms with Gasteiger partial charge < -0.3 is 20.1 Å². The topological polar surface area (TPSA) is 95.9 Å². The van der Waals surface area contributed by atoms with Crippen LogP contribution in [-0.4, -0.2) is 54.7 Å². The summed E-state index contributed by atoms with van der Waals surface area (Å²) >= 11 is 0. The van der Waals surface area contributed by atoms with Crippen molar-refractivity contribution in [2.24, 2.45) is 5.92 Å². The number of rotatable bonds is 11.